The van der Waals surface area contributed by atoms with E-state index in [0.29, 0.717) is 17.5 Å². The van der Waals surface area contributed by atoms with Crippen molar-refractivity contribution in [1.82, 2.24) is 19.5 Å². The largest absolute Gasteiger partial charge is 0.437 e. The molecule has 5 aromatic heterocycles. The number of nitrogens with zero attached hydrogens (tertiary/aromatic N) is 4. The normalized spacial score (nSPS) is 11.6. The fourth-order valence-corrected chi connectivity index (χ4v) is 5.46. The van der Waals surface area contributed by atoms with Crippen molar-refractivity contribution in [3.8, 4) is 28.8 Å². The van der Waals surface area contributed by atoms with Crippen LogP contribution >= 0.6 is 0 Å². The lowest BCUT2D eigenvalue weighted by Crippen LogP contribution is -1.99. The van der Waals surface area contributed by atoms with Crippen LogP contribution in [0.5, 0.6) is 11.8 Å². The highest BCUT2D eigenvalue weighted by atomic mass is 16.5. The Kier molecular flexibility index (Phi) is 4.94. The molecule has 40 heavy (non-hydrogen) atoms. The molecule has 0 saturated heterocycles. The van der Waals surface area contributed by atoms with Gasteiger partial charge < -0.3 is 9.15 Å². The van der Waals surface area contributed by atoms with Crippen molar-refractivity contribution in [3.05, 3.63) is 121 Å². The van der Waals surface area contributed by atoms with Crippen LogP contribution in [0.4, 0.5) is 0 Å². The summed E-state index contributed by atoms with van der Waals surface area (Å²) in [5, 5.41) is 4.37. The maximum atomic E-state index is 6.21. The molecule has 0 fully saturated rings. The first kappa shape index (κ1) is 22.5. The summed E-state index contributed by atoms with van der Waals surface area (Å²) < 4.78 is 14.6. The Morgan fingerprint density at radius 3 is 2.05 bits per heavy atom. The van der Waals surface area contributed by atoms with Crippen LogP contribution in [0.25, 0.3) is 61.0 Å². The number of aromatic nitrogens is 4. The van der Waals surface area contributed by atoms with Gasteiger partial charge in [0.05, 0.1) is 16.7 Å². The molecule has 0 amide bonds. The minimum atomic E-state index is 0.450. The van der Waals surface area contributed by atoms with E-state index in [9.17, 15) is 0 Å². The molecule has 8 aromatic rings. The van der Waals surface area contributed by atoms with E-state index >= 15 is 0 Å². The number of pyridine rings is 3. The molecule has 0 saturated carbocycles. The first-order valence-corrected chi connectivity index (χ1v) is 13.1. The summed E-state index contributed by atoms with van der Waals surface area (Å²) in [7, 11) is 0. The van der Waals surface area contributed by atoms with Crippen LogP contribution in [0.3, 0.4) is 0 Å². The molecule has 190 valence electrons. The zero-order chi connectivity index (χ0) is 26.6. The first-order chi connectivity index (χ1) is 19.7. The molecular formula is C34H22N4O2. The molecule has 0 N–H and O–H groups in total. The Morgan fingerprint density at radius 1 is 0.575 bits per heavy atom. The molecule has 3 aromatic carbocycles. The van der Waals surface area contributed by atoms with E-state index in [1.807, 2.05) is 79.7 Å². The number of hydrogen-bond acceptors (Lipinski definition) is 5. The Bertz CT molecular complexity index is 2170. The zero-order valence-electron chi connectivity index (χ0n) is 21.6. The van der Waals surface area contributed by atoms with E-state index in [-0.39, 0.29) is 0 Å². The average Bonchev–Trinajstić information content (AvgIpc) is 3.53. The first-order valence-electron chi connectivity index (χ1n) is 13.1. The van der Waals surface area contributed by atoms with Crippen molar-refractivity contribution in [1.29, 1.82) is 0 Å². The van der Waals surface area contributed by atoms with Gasteiger partial charge in [-0.05, 0) is 49.4 Å². The Hall–Kier alpha value is -5.49. The summed E-state index contributed by atoms with van der Waals surface area (Å²) >= 11 is 0. The lowest BCUT2D eigenvalue weighted by molar-refractivity contribution is 0.445. The van der Waals surface area contributed by atoms with E-state index in [0.717, 1.165) is 50.2 Å². The minimum Gasteiger partial charge on any atom is -0.437 e. The number of furan rings is 1. The highest BCUT2D eigenvalue weighted by Crippen LogP contribution is 2.36. The fraction of sp³-hybridized carbons (Fsp3) is 0.0294. The molecule has 0 aliphatic heterocycles. The monoisotopic (exact) mass is 518 g/mol. The molecule has 0 spiro atoms. The second kappa shape index (κ2) is 8.78. The number of aryl methyl sites for hydroxylation is 1. The predicted octanol–water partition coefficient (Wildman–Crippen LogP) is 8.64. The van der Waals surface area contributed by atoms with E-state index < -0.39 is 0 Å². The lowest BCUT2D eigenvalue weighted by atomic mass is 10.1. The van der Waals surface area contributed by atoms with Crippen LogP contribution < -0.4 is 4.74 Å². The van der Waals surface area contributed by atoms with Crippen molar-refractivity contribution in [3.63, 3.8) is 0 Å². The number of fused-ring (bicyclic) bond motifs is 6. The molecule has 0 unspecified atom stereocenters. The quantitative estimate of drug-likeness (QED) is 0.233. The van der Waals surface area contributed by atoms with Crippen molar-refractivity contribution in [2.24, 2.45) is 0 Å². The molecular weight excluding hydrogens is 496 g/mol. The maximum absolute atomic E-state index is 6.21. The van der Waals surface area contributed by atoms with E-state index in [4.69, 9.17) is 19.1 Å². The smallest absolute Gasteiger partial charge is 0.227 e. The summed E-state index contributed by atoms with van der Waals surface area (Å²) in [5.41, 5.74) is 6.11. The summed E-state index contributed by atoms with van der Waals surface area (Å²) in [6.07, 6.45) is 0. The van der Waals surface area contributed by atoms with Gasteiger partial charge in [-0.25, -0.2) is 9.97 Å². The minimum absolute atomic E-state index is 0.450. The van der Waals surface area contributed by atoms with Gasteiger partial charge in [-0.2, -0.15) is 4.98 Å². The van der Waals surface area contributed by atoms with Crippen molar-refractivity contribution in [2.45, 2.75) is 6.92 Å². The van der Waals surface area contributed by atoms with Crippen molar-refractivity contribution >= 4 is 43.9 Å². The molecule has 6 heteroatoms. The highest BCUT2D eigenvalue weighted by Gasteiger charge is 2.16. The molecule has 0 radical (unpaired) electrons. The topological polar surface area (TPSA) is 66.0 Å². The Morgan fingerprint density at radius 2 is 1.25 bits per heavy atom. The third-order valence-electron chi connectivity index (χ3n) is 7.23. The third-order valence-corrected chi connectivity index (χ3v) is 7.23. The van der Waals surface area contributed by atoms with Gasteiger partial charge in [0.25, 0.3) is 0 Å². The van der Waals surface area contributed by atoms with Gasteiger partial charge in [-0.15, -0.1) is 0 Å². The number of hydrogen-bond donors (Lipinski definition) is 0. The number of ether oxygens (including phenoxy) is 1. The number of benzene rings is 3. The number of rotatable bonds is 4. The summed E-state index contributed by atoms with van der Waals surface area (Å²) in [6.45, 7) is 1.96. The van der Waals surface area contributed by atoms with Gasteiger partial charge in [0.1, 0.15) is 11.4 Å². The molecule has 0 aliphatic rings. The average molecular weight is 519 g/mol. The Balaban J connectivity index is 1.19. The second-order valence-electron chi connectivity index (χ2n) is 9.76. The third kappa shape index (κ3) is 3.54. The van der Waals surface area contributed by atoms with Gasteiger partial charge in [0.15, 0.2) is 0 Å². The van der Waals surface area contributed by atoms with Crippen LogP contribution in [0.2, 0.25) is 0 Å². The molecule has 8 rings (SSSR count). The van der Waals surface area contributed by atoms with Crippen LogP contribution in [-0.4, -0.2) is 19.5 Å². The van der Waals surface area contributed by atoms with Crippen molar-refractivity contribution < 1.29 is 9.15 Å². The van der Waals surface area contributed by atoms with Gasteiger partial charge in [0, 0.05) is 44.9 Å². The maximum Gasteiger partial charge on any atom is 0.227 e. The fourth-order valence-electron chi connectivity index (χ4n) is 5.46. The second-order valence-corrected chi connectivity index (χ2v) is 9.76. The van der Waals surface area contributed by atoms with Gasteiger partial charge >= 0.3 is 0 Å². The molecule has 6 nitrogen and oxygen atoms in total. The summed E-state index contributed by atoms with van der Waals surface area (Å²) in [6, 6.07) is 38.4. The summed E-state index contributed by atoms with van der Waals surface area (Å²) in [5.74, 6) is 1.69. The van der Waals surface area contributed by atoms with Crippen LogP contribution in [0.1, 0.15) is 5.69 Å². The summed E-state index contributed by atoms with van der Waals surface area (Å²) in [4.78, 5) is 14.3. The van der Waals surface area contributed by atoms with E-state index in [2.05, 4.69) is 52.0 Å². The SMILES string of the molecule is Cc1ccc2c(n1)oc1c(-c3cccc(Oc4cccc(-n5c6ccccc6c6ccccc65)n4)n3)cccc12. The van der Waals surface area contributed by atoms with Gasteiger partial charge in [-0.3, -0.25) is 4.57 Å². The Labute approximate surface area is 229 Å². The standard InChI is InChI=1S/C34H22N4O2/c1-21-19-20-25-24-11-6-12-26(33(24)40-34(25)35-21)27-13-7-17-31(36-27)39-32-18-8-16-30(37-32)38-28-14-4-2-9-22(28)23-10-3-5-15-29(23)38/h2-20H,1H3. The predicted molar refractivity (Wildman–Crippen MR) is 158 cm³/mol. The molecule has 0 bridgehead atoms. The van der Waals surface area contributed by atoms with E-state index in [1.54, 1.807) is 0 Å². The van der Waals surface area contributed by atoms with Gasteiger partial charge in [0.2, 0.25) is 17.5 Å². The lowest BCUT2D eigenvalue weighted by Gasteiger charge is -2.10. The van der Waals surface area contributed by atoms with Crippen LogP contribution in [0, 0.1) is 6.92 Å². The van der Waals surface area contributed by atoms with Crippen LogP contribution in [0.15, 0.2) is 120 Å². The molecule has 5 heterocycles. The van der Waals surface area contributed by atoms with Crippen molar-refractivity contribution in [2.75, 3.05) is 0 Å². The van der Waals surface area contributed by atoms with Crippen LogP contribution in [-0.2, 0) is 0 Å². The molecule has 0 aliphatic carbocycles. The highest BCUT2D eigenvalue weighted by molar-refractivity contribution is 6.09. The zero-order valence-corrected chi connectivity index (χ0v) is 21.6. The molecule has 0 atom stereocenters. The van der Waals surface area contributed by atoms with Gasteiger partial charge in [-0.1, -0.05) is 60.7 Å². The number of para-hydroxylation sites is 3. The van der Waals surface area contributed by atoms with E-state index in [1.165, 1.54) is 10.8 Å².